The lowest BCUT2D eigenvalue weighted by Crippen LogP contribution is -2.53. The van der Waals surface area contributed by atoms with Gasteiger partial charge in [0.2, 0.25) is 0 Å². The molecule has 0 aliphatic carbocycles. The largest absolute Gasteiger partial charge is 0.469 e. The molecule has 2 aliphatic rings. The molecule has 0 aromatic heterocycles. The summed E-state index contributed by atoms with van der Waals surface area (Å²) in [6.07, 6.45) is 2.58. The van der Waals surface area contributed by atoms with Crippen molar-refractivity contribution in [1.82, 2.24) is 9.80 Å². The molecule has 1 aromatic rings. The normalized spacial score (nSPS) is 24.7. The van der Waals surface area contributed by atoms with Crippen molar-refractivity contribution in [3.63, 3.8) is 0 Å². The minimum Gasteiger partial charge on any atom is -0.469 e. The maximum atomic E-state index is 11.7. The van der Waals surface area contributed by atoms with Gasteiger partial charge in [0.05, 0.1) is 20.3 Å². The molecular formula is C22H34N2O3. The van der Waals surface area contributed by atoms with Crippen molar-refractivity contribution in [1.29, 1.82) is 0 Å². The van der Waals surface area contributed by atoms with Crippen molar-refractivity contribution < 1.29 is 14.3 Å². The Kier molecular flexibility index (Phi) is 7.27. The second-order valence-corrected chi connectivity index (χ2v) is 8.04. The highest BCUT2D eigenvalue weighted by molar-refractivity contribution is 5.69. The molecule has 0 saturated carbocycles. The molecule has 0 radical (unpaired) electrons. The van der Waals surface area contributed by atoms with Crippen molar-refractivity contribution in [3.8, 4) is 0 Å². The topological polar surface area (TPSA) is 42.0 Å². The molecule has 1 aromatic carbocycles. The van der Waals surface area contributed by atoms with Crippen LogP contribution in [0.1, 0.15) is 36.0 Å². The summed E-state index contributed by atoms with van der Waals surface area (Å²) >= 11 is 0. The van der Waals surface area contributed by atoms with E-state index in [1.54, 1.807) is 0 Å². The summed E-state index contributed by atoms with van der Waals surface area (Å²) in [5.41, 5.74) is 4.11. The van der Waals surface area contributed by atoms with E-state index in [2.05, 4.69) is 41.8 Å². The maximum absolute atomic E-state index is 11.7. The lowest BCUT2D eigenvalue weighted by Gasteiger charge is -2.45. The van der Waals surface area contributed by atoms with Crippen LogP contribution in [-0.2, 0) is 20.8 Å². The van der Waals surface area contributed by atoms with Crippen LogP contribution in [0.25, 0.3) is 0 Å². The molecule has 0 amide bonds. The van der Waals surface area contributed by atoms with Gasteiger partial charge < -0.3 is 9.47 Å². The fourth-order valence-electron chi connectivity index (χ4n) is 4.53. The van der Waals surface area contributed by atoms with Crippen LogP contribution in [0.2, 0.25) is 0 Å². The van der Waals surface area contributed by atoms with Crippen molar-refractivity contribution in [3.05, 3.63) is 34.9 Å². The van der Waals surface area contributed by atoms with Crippen LogP contribution in [-0.4, -0.2) is 68.3 Å². The minimum atomic E-state index is -0.0950. The highest BCUT2D eigenvalue weighted by Gasteiger charge is 2.34. The summed E-state index contributed by atoms with van der Waals surface area (Å²) in [4.78, 5) is 16.9. The summed E-state index contributed by atoms with van der Waals surface area (Å²) in [6, 6.07) is 7.27. The summed E-state index contributed by atoms with van der Waals surface area (Å²) in [7, 11) is 1.48. The smallest absolute Gasteiger partial charge is 0.305 e. The number of methoxy groups -OCH3 is 1. The van der Waals surface area contributed by atoms with Crippen molar-refractivity contribution in [2.24, 2.45) is 5.92 Å². The van der Waals surface area contributed by atoms with E-state index in [1.807, 2.05) is 0 Å². The first-order valence-corrected chi connectivity index (χ1v) is 10.2. The molecule has 0 unspecified atom stereocenters. The van der Waals surface area contributed by atoms with E-state index >= 15 is 0 Å². The van der Waals surface area contributed by atoms with E-state index < -0.39 is 0 Å². The standard InChI is InChI=1S/C22H34N2O3/c1-17-4-5-18(2)20(14-17)16-23-9-8-21(24-10-12-27-13-11-24)19(15-23)6-7-22(25)26-3/h4-5,14,19,21H,6-13,15-16H2,1-3H3/t19-,21+/m1/s1. The summed E-state index contributed by atoms with van der Waals surface area (Å²) in [5, 5.41) is 0. The van der Waals surface area contributed by atoms with Gasteiger partial charge in [0.1, 0.15) is 0 Å². The number of hydrogen-bond donors (Lipinski definition) is 0. The van der Waals surface area contributed by atoms with Crippen LogP contribution in [0.4, 0.5) is 0 Å². The second-order valence-electron chi connectivity index (χ2n) is 8.04. The number of ether oxygens (including phenoxy) is 2. The predicted molar refractivity (Wildman–Crippen MR) is 107 cm³/mol. The Balaban J connectivity index is 1.66. The van der Waals surface area contributed by atoms with Gasteiger partial charge in [-0.15, -0.1) is 0 Å². The van der Waals surface area contributed by atoms with Crippen LogP contribution in [0.15, 0.2) is 18.2 Å². The molecule has 2 fully saturated rings. The molecule has 0 N–H and O–H groups in total. The molecule has 5 heteroatoms. The van der Waals surface area contributed by atoms with Gasteiger partial charge in [-0.05, 0) is 50.3 Å². The zero-order valence-electron chi connectivity index (χ0n) is 17.1. The molecule has 0 bridgehead atoms. The molecule has 150 valence electrons. The van der Waals surface area contributed by atoms with E-state index in [-0.39, 0.29) is 5.97 Å². The van der Waals surface area contributed by atoms with Crippen LogP contribution in [0, 0.1) is 19.8 Å². The first-order chi connectivity index (χ1) is 13.1. The molecule has 2 saturated heterocycles. The highest BCUT2D eigenvalue weighted by Crippen LogP contribution is 2.28. The van der Waals surface area contributed by atoms with E-state index in [9.17, 15) is 4.79 Å². The quantitative estimate of drug-likeness (QED) is 0.716. The Morgan fingerprint density at radius 2 is 2.00 bits per heavy atom. The summed E-state index contributed by atoms with van der Waals surface area (Å²) in [6.45, 7) is 11.2. The number of rotatable bonds is 6. The molecule has 0 spiro atoms. The number of likely N-dealkylation sites (tertiary alicyclic amines) is 1. The fourth-order valence-corrected chi connectivity index (χ4v) is 4.53. The third-order valence-corrected chi connectivity index (χ3v) is 6.14. The molecule has 2 atom stereocenters. The molecule has 5 nitrogen and oxygen atoms in total. The van der Waals surface area contributed by atoms with Crippen LogP contribution in [0.3, 0.4) is 0 Å². The zero-order chi connectivity index (χ0) is 19.2. The van der Waals surface area contributed by atoms with Gasteiger partial charge in [-0.1, -0.05) is 23.8 Å². The number of aryl methyl sites for hydroxylation is 2. The van der Waals surface area contributed by atoms with Gasteiger partial charge in [0.25, 0.3) is 0 Å². The molecule has 27 heavy (non-hydrogen) atoms. The van der Waals surface area contributed by atoms with Gasteiger partial charge in [-0.3, -0.25) is 14.6 Å². The highest BCUT2D eigenvalue weighted by atomic mass is 16.5. The zero-order valence-corrected chi connectivity index (χ0v) is 17.1. The molecule has 2 heterocycles. The van der Waals surface area contributed by atoms with Crippen molar-refractivity contribution in [2.75, 3.05) is 46.5 Å². The summed E-state index contributed by atoms with van der Waals surface area (Å²) < 4.78 is 10.4. The number of nitrogens with zero attached hydrogens (tertiary/aromatic N) is 2. The third kappa shape index (κ3) is 5.53. The van der Waals surface area contributed by atoms with E-state index in [0.717, 1.165) is 58.8 Å². The first-order valence-electron chi connectivity index (χ1n) is 10.2. The van der Waals surface area contributed by atoms with Gasteiger partial charge in [-0.25, -0.2) is 0 Å². The average Bonchev–Trinajstić information content (AvgIpc) is 2.69. The summed E-state index contributed by atoms with van der Waals surface area (Å²) in [5.74, 6) is 0.406. The van der Waals surface area contributed by atoms with Crippen molar-refractivity contribution >= 4 is 5.97 Å². The Bertz CT molecular complexity index is 628. The van der Waals surface area contributed by atoms with E-state index in [0.29, 0.717) is 18.4 Å². The first kappa shape index (κ1) is 20.3. The Hall–Kier alpha value is -1.43. The number of piperidine rings is 1. The Labute approximate surface area is 163 Å². The van der Waals surface area contributed by atoms with Crippen molar-refractivity contribution in [2.45, 2.75) is 45.7 Å². The number of hydrogen-bond acceptors (Lipinski definition) is 5. The Morgan fingerprint density at radius 1 is 1.22 bits per heavy atom. The van der Waals surface area contributed by atoms with Crippen LogP contribution >= 0.6 is 0 Å². The number of carbonyl (C=O) groups is 1. The molecule has 2 aliphatic heterocycles. The number of benzene rings is 1. The second kappa shape index (κ2) is 9.67. The predicted octanol–water partition coefficient (Wildman–Crippen LogP) is 2.78. The van der Waals surface area contributed by atoms with Crippen LogP contribution in [0.5, 0.6) is 0 Å². The van der Waals surface area contributed by atoms with Gasteiger partial charge in [0, 0.05) is 38.6 Å². The molecule has 3 rings (SSSR count). The SMILES string of the molecule is COC(=O)CC[C@@H]1CN(Cc2cc(C)ccc2C)CC[C@@H]1N1CCOCC1. The minimum absolute atomic E-state index is 0.0950. The number of carbonyl (C=O) groups excluding carboxylic acids is 1. The third-order valence-electron chi connectivity index (χ3n) is 6.14. The lowest BCUT2D eigenvalue weighted by molar-refractivity contribution is -0.141. The number of esters is 1. The van der Waals surface area contributed by atoms with E-state index in [4.69, 9.17) is 9.47 Å². The monoisotopic (exact) mass is 374 g/mol. The van der Waals surface area contributed by atoms with Gasteiger partial charge in [0.15, 0.2) is 0 Å². The molecular weight excluding hydrogens is 340 g/mol. The van der Waals surface area contributed by atoms with Gasteiger partial charge >= 0.3 is 5.97 Å². The number of morpholine rings is 1. The van der Waals surface area contributed by atoms with Gasteiger partial charge in [-0.2, -0.15) is 0 Å². The maximum Gasteiger partial charge on any atom is 0.305 e. The fraction of sp³-hybridized carbons (Fsp3) is 0.682. The Morgan fingerprint density at radius 3 is 2.74 bits per heavy atom. The average molecular weight is 375 g/mol. The van der Waals surface area contributed by atoms with E-state index in [1.165, 1.54) is 23.8 Å². The van der Waals surface area contributed by atoms with Crippen LogP contribution < -0.4 is 0 Å². The lowest BCUT2D eigenvalue weighted by atomic mass is 9.86.